The molecule has 1 unspecified atom stereocenters. The number of esters is 1. The Bertz CT molecular complexity index is 1290. The van der Waals surface area contributed by atoms with Gasteiger partial charge in [0.05, 0.1) is 17.9 Å². The fraction of sp³-hybridized carbons (Fsp3) is 0.556. The second kappa shape index (κ2) is 11.7. The summed E-state index contributed by atoms with van der Waals surface area (Å²) in [6.07, 6.45) is 8.52. The van der Waals surface area contributed by atoms with Gasteiger partial charge in [0.15, 0.2) is 11.0 Å². The maximum absolute atomic E-state index is 13.1. The lowest BCUT2D eigenvalue weighted by molar-refractivity contribution is -0.113. The van der Waals surface area contributed by atoms with Crippen molar-refractivity contribution in [2.75, 3.05) is 17.7 Å². The Hall–Kier alpha value is -2.17. The van der Waals surface area contributed by atoms with Crippen LogP contribution in [0.4, 0.5) is 5.00 Å². The number of hydrogen-bond acceptors (Lipinski definition) is 8. The first-order valence-corrected chi connectivity index (χ1v) is 15.9. The zero-order chi connectivity index (χ0) is 25.9. The monoisotopic (exact) mass is 558 g/mol. The lowest BCUT2D eigenvalue weighted by Crippen LogP contribution is -2.18. The molecule has 0 spiro atoms. The lowest BCUT2D eigenvalue weighted by atomic mass is 9.88. The van der Waals surface area contributed by atoms with Gasteiger partial charge in [0.2, 0.25) is 5.91 Å². The Morgan fingerprint density at radius 1 is 1.16 bits per heavy atom. The molecule has 10 heteroatoms. The highest BCUT2D eigenvalue weighted by molar-refractivity contribution is 7.99. The summed E-state index contributed by atoms with van der Waals surface area (Å²) in [6, 6.07) is 0. The van der Waals surface area contributed by atoms with E-state index in [4.69, 9.17) is 4.74 Å². The SMILES string of the molecule is CCCn1c(SCC(=O)Nc2sc3c(c2C(=O)OCC)CCC(C)C3)nnc1-c1csc2c1CCCC2. The molecule has 198 valence electrons. The molecule has 3 heterocycles. The summed E-state index contributed by atoms with van der Waals surface area (Å²) in [7, 11) is 0. The van der Waals surface area contributed by atoms with E-state index in [1.807, 2.05) is 11.3 Å². The maximum atomic E-state index is 13.1. The average molecular weight is 559 g/mol. The molecule has 0 saturated carbocycles. The van der Waals surface area contributed by atoms with Gasteiger partial charge in [-0.25, -0.2) is 4.79 Å². The maximum Gasteiger partial charge on any atom is 0.341 e. The van der Waals surface area contributed by atoms with Gasteiger partial charge in [0.25, 0.3) is 0 Å². The molecule has 2 aliphatic carbocycles. The molecule has 0 fully saturated rings. The van der Waals surface area contributed by atoms with Gasteiger partial charge in [0.1, 0.15) is 5.00 Å². The first-order chi connectivity index (χ1) is 18.0. The quantitative estimate of drug-likeness (QED) is 0.242. The van der Waals surface area contributed by atoms with Gasteiger partial charge in [0, 0.05) is 27.2 Å². The van der Waals surface area contributed by atoms with E-state index in [1.165, 1.54) is 56.8 Å². The van der Waals surface area contributed by atoms with E-state index >= 15 is 0 Å². The first kappa shape index (κ1) is 26.4. The van der Waals surface area contributed by atoms with Crippen LogP contribution in [0.2, 0.25) is 0 Å². The second-order valence-electron chi connectivity index (χ2n) is 9.83. The molecule has 37 heavy (non-hydrogen) atoms. The highest BCUT2D eigenvalue weighted by atomic mass is 32.2. The van der Waals surface area contributed by atoms with Crippen LogP contribution in [0.5, 0.6) is 0 Å². The largest absolute Gasteiger partial charge is 0.462 e. The summed E-state index contributed by atoms with van der Waals surface area (Å²) in [5, 5.41) is 15.7. The van der Waals surface area contributed by atoms with Crippen molar-refractivity contribution in [1.29, 1.82) is 0 Å². The number of thiophene rings is 2. The highest BCUT2D eigenvalue weighted by Gasteiger charge is 2.29. The van der Waals surface area contributed by atoms with Crippen LogP contribution >= 0.6 is 34.4 Å². The standard InChI is InChI=1S/C27H34N4O3S3/c1-4-12-31-24(19-14-35-20-9-7-6-8-17(19)20)29-30-27(31)36-15-22(32)28-25-23(26(33)34-5-2)18-11-10-16(3)13-21(18)37-25/h14,16H,4-13,15H2,1-3H3,(H,28,32). The molecule has 0 aliphatic heterocycles. The smallest absolute Gasteiger partial charge is 0.341 e. The third-order valence-corrected chi connectivity index (χ3v) is 10.3. The van der Waals surface area contributed by atoms with E-state index in [1.54, 1.807) is 6.92 Å². The van der Waals surface area contributed by atoms with Gasteiger partial charge in [-0.05, 0) is 75.3 Å². The van der Waals surface area contributed by atoms with Crippen molar-refractivity contribution in [3.63, 3.8) is 0 Å². The number of nitrogens with zero attached hydrogens (tertiary/aromatic N) is 3. The van der Waals surface area contributed by atoms with E-state index in [2.05, 4.69) is 39.3 Å². The summed E-state index contributed by atoms with van der Waals surface area (Å²) < 4.78 is 7.50. The van der Waals surface area contributed by atoms with Gasteiger partial charge in [-0.2, -0.15) is 0 Å². The molecule has 3 aromatic heterocycles. The highest BCUT2D eigenvalue weighted by Crippen LogP contribution is 2.40. The molecule has 7 nitrogen and oxygen atoms in total. The molecule has 2 aliphatic rings. The summed E-state index contributed by atoms with van der Waals surface area (Å²) in [5.74, 6) is 1.19. The Morgan fingerprint density at radius 3 is 2.81 bits per heavy atom. The van der Waals surface area contributed by atoms with Crippen molar-refractivity contribution < 1.29 is 14.3 Å². The number of anilines is 1. The number of thioether (sulfide) groups is 1. The van der Waals surface area contributed by atoms with Crippen molar-refractivity contribution in [2.24, 2.45) is 5.92 Å². The van der Waals surface area contributed by atoms with Crippen LogP contribution < -0.4 is 5.32 Å². The van der Waals surface area contributed by atoms with E-state index in [-0.39, 0.29) is 17.6 Å². The van der Waals surface area contributed by atoms with Crippen molar-refractivity contribution in [2.45, 2.75) is 83.8 Å². The summed E-state index contributed by atoms with van der Waals surface area (Å²) >= 11 is 4.75. The predicted molar refractivity (Wildman–Crippen MR) is 151 cm³/mol. The second-order valence-corrected chi connectivity index (χ2v) is 12.8. The minimum absolute atomic E-state index is 0.150. The Balaban J connectivity index is 1.33. The summed E-state index contributed by atoms with van der Waals surface area (Å²) in [5.41, 5.74) is 4.23. The third-order valence-electron chi connectivity index (χ3n) is 7.04. The number of ether oxygens (including phenoxy) is 1. The molecular weight excluding hydrogens is 525 g/mol. The zero-order valence-electron chi connectivity index (χ0n) is 21.7. The van der Waals surface area contributed by atoms with Crippen LogP contribution in [0.1, 0.15) is 77.7 Å². The minimum atomic E-state index is -0.344. The molecular formula is C27H34N4O3S3. The molecule has 0 bridgehead atoms. The molecule has 1 N–H and O–H groups in total. The van der Waals surface area contributed by atoms with Crippen LogP contribution in [-0.4, -0.2) is 39.0 Å². The predicted octanol–water partition coefficient (Wildman–Crippen LogP) is 6.39. The lowest BCUT2D eigenvalue weighted by Gasteiger charge is -2.18. The van der Waals surface area contributed by atoms with E-state index in [9.17, 15) is 9.59 Å². The van der Waals surface area contributed by atoms with Crippen LogP contribution in [0.3, 0.4) is 0 Å². The van der Waals surface area contributed by atoms with Gasteiger partial charge in [-0.1, -0.05) is 25.6 Å². The van der Waals surface area contributed by atoms with Gasteiger partial charge >= 0.3 is 5.97 Å². The number of hydrogen-bond donors (Lipinski definition) is 1. The number of rotatable bonds is 9. The minimum Gasteiger partial charge on any atom is -0.462 e. The molecule has 0 aromatic carbocycles. The first-order valence-electron chi connectivity index (χ1n) is 13.3. The molecule has 1 atom stereocenters. The molecule has 0 saturated heterocycles. The number of carbonyl (C=O) groups excluding carboxylic acids is 2. The number of aryl methyl sites for hydroxylation is 1. The van der Waals surface area contributed by atoms with Crippen LogP contribution in [0, 0.1) is 5.92 Å². The molecule has 5 rings (SSSR count). The fourth-order valence-corrected chi connectivity index (χ4v) is 8.56. The molecule has 1 amide bonds. The average Bonchev–Trinajstić information content (AvgIpc) is 3.57. The Morgan fingerprint density at radius 2 is 2.00 bits per heavy atom. The van der Waals surface area contributed by atoms with E-state index < -0.39 is 0 Å². The van der Waals surface area contributed by atoms with Gasteiger partial charge in [-0.15, -0.1) is 32.9 Å². The summed E-state index contributed by atoms with van der Waals surface area (Å²) in [6.45, 7) is 7.30. The fourth-order valence-electron chi connectivity index (χ4n) is 5.25. The zero-order valence-corrected chi connectivity index (χ0v) is 24.2. The van der Waals surface area contributed by atoms with Gasteiger partial charge < -0.3 is 14.6 Å². The summed E-state index contributed by atoms with van der Waals surface area (Å²) in [4.78, 5) is 28.5. The van der Waals surface area contributed by atoms with Gasteiger partial charge in [-0.3, -0.25) is 4.79 Å². The number of fused-ring (bicyclic) bond motifs is 2. The molecule has 0 radical (unpaired) electrons. The number of amides is 1. The van der Waals surface area contributed by atoms with Crippen LogP contribution in [0.25, 0.3) is 11.4 Å². The normalized spacial score (nSPS) is 16.8. The Kier molecular flexibility index (Phi) is 8.36. The van der Waals surface area contributed by atoms with Crippen molar-refractivity contribution in [3.8, 4) is 11.4 Å². The van der Waals surface area contributed by atoms with Crippen LogP contribution in [-0.2, 0) is 41.8 Å². The molecule has 3 aromatic rings. The Labute approximate surface area is 230 Å². The number of aromatic nitrogens is 3. The topological polar surface area (TPSA) is 86.1 Å². The van der Waals surface area contributed by atoms with E-state index in [0.717, 1.165) is 61.6 Å². The van der Waals surface area contributed by atoms with Crippen molar-refractivity contribution >= 4 is 51.3 Å². The van der Waals surface area contributed by atoms with Crippen molar-refractivity contribution in [3.05, 3.63) is 31.8 Å². The van der Waals surface area contributed by atoms with Crippen LogP contribution in [0.15, 0.2) is 10.5 Å². The third kappa shape index (κ3) is 5.52. The van der Waals surface area contributed by atoms with E-state index in [0.29, 0.717) is 23.1 Å². The van der Waals surface area contributed by atoms with Crippen molar-refractivity contribution in [1.82, 2.24) is 14.8 Å². The number of carbonyl (C=O) groups is 2. The number of nitrogens with one attached hydrogen (secondary N) is 1.